The van der Waals surface area contributed by atoms with Crippen LogP contribution in [0.15, 0.2) is 48.5 Å². The molecule has 23 heavy (non-hydrogen) atoms. The van der Waals surface area contributed by atoms with E-state index in [-0.39, 0.29) is 30.2 Å². The molecule has 0 spiro atoms. The van der Waals surface area contributed by atoms with Crippen LogP contribution in [0.2, 0.25) is 0 Å². The number of nitrogens with one attached hydrogen (secondary N) is 1. The molecule has 4 nitrogen and oxygen atoms in total. The molecule has 0 aliphatic heterocycles. The van der Waals surface area contributed by atoms with Gasteiger partial charge in [-0.1, -0.05) is 24.3 Å². The van der Waals surface area contributed by atoms with Crippen molar-refractivity contribution < 1.29 is 18.4 Å². The monoisotopic (exact) mass is 318 g/mol. The average Bonchev–Trinajstić information content (AvgIpc) is 2.52. The van der Waals surface area contributed by atoms with Crippen molar-refractivity contribution in [3.05, 3.63) is 65.7 Å². The number of halogens is 2. The van der Waals surface area contributed by atoms with Crippen molar-refractivity contribution in [3.8, 4) is 0 Å². The van der Waals surface area contributed by atoms with E-state index in [0.717, 1.165) is 0 Å². The molecule has 0 radical (unpaired) electrons. The first-order valence-corrected chi connectivity index (χ1v) is 7.06. The van der Waals surface area contributed by atoms with E-state index < -0.39 is 17.5 Å². The summed E-state index contributed by atoms with van der Waals surface area (Å²) in [5.74, 6) is -2.08. The first-order valence-electron chi connectivity index (χ1n) is 7.06. The van der Waals surface area contributed by atoms with Crippen molar-refractivity contribution in [3.63, 3.8) is 0 Å². The van der Waals surface area contributed by atoms with E-state index in [1.165, 1.54) is 48.2 Å². The summed E-state index contributed by atoms with van der Waals surface area (Å²) in [5, 5.41) is 2.52. The highest BCUT2D eigenvalue weighted by Crippen LogP contribution is 2.18. The topological polar surface area (TPSA) is 49.4 Å². The molecule has 0 aliphatic rings. The van der Waals surface area contributed by atoms with Crippen LogP contribution in [-0.2, 0) is 4.79 Å². The summed E-state index contributed by atoms with van der Waals surface area (Å²) in [5.41, 5.74) is 0.0629. The number of hydrogen-bond acceptors (Lipinski definition) is 2. The maximum absolute atomic E-state index is 13.8. The standard InChI is InChI=1S/C17H16F2N2O2/c1-12(22)21(16-9-5-4-8-15(16)19)11-10-20-17(23)13-6-2-3-7-14(13)18/h2-9H,10-11H2,1H3,(H,20,23). The molecule has 0 aromatic heterocycles. The van der Waals surface area contributed by atoms with Crippen molar-refractivity contribution in [2.45, 2.75) is 6.92 Å². The lowest BCUT2D eigenvalue weighted by Gasteiger charge is -2.21. The molecule has 0 fully saturated rings. The minimum atomic E-state index is -0.623. The molecule has 2 amide bonds. The molecule has 0 aliphatic carbocycles. The predicted molar refractivity (Wildman–Crippen MR) is 83.2 cm³/mol. The first kappa shape index (κ1) is 16.6. The molecular formula is C17H16F2N2O2. The van der Waals surface area contributed by atoms with Crippen LogP contribution in [0.3, 0.4) is 0 Å². The number of anilines is 1. The number of para-hydroxylation sites is 1. The van der Waals surface area contributed by atoms with Gasteiger partial charge in [-0.25, -0.2) is 8.78 Å². The van der Waals surface area contributed by atoms with Crippen molar-refractivity contribution in [2.24, 2.45) is 0 Å². The molecule has 1 N–H and O–H groups in total. The van der Waals surface area contributed by atoms with Crippen LogP contribution < -0.4 is 10.2 Å². The van der Waals surface area contributed by atoms with Gasteiger partial charge in [0.25, 0.3) is 5.91 Å². The summed E-state index contributed by atoms with van der Waals surface area (Å²) in [6.45, 7) is 1.46. The Bertz CT molecular complexity index is 719. The molecule has 0 atom stereocenters. The van der Waals surface area contributed by atoms with Crippen LogP contribution in [0, 0.1) is 11.6 Å². The second-order valence-electron chi connectivity index (χ2n) is 4.86. The summed E-state index contributed by atoms with van der Waals surface area (Å²) < 4.78 is 27.3. The summed E-state index contributed by atoms with van der Waals surface area (Å²) in [6, 6.07) is 11.5. The van der Waals surface area contributed by atoms with E-state index in [1.54, 1.807) is 12.1 Å². The number of rotatable bonds is 5. The van der Waals surface area contributed by atoms with E-state index >= 15 is 0 Å². The lowest BCUT2D eigenvalue weighted by Crippen LogP contribution is -2.38. The Morgan fingerprint density at radius 3 is 2.22 bits per heavy atom. The second kappa shape index (κ2) is 7.49. The molecule has 0 unspecified atom stereocenters. The van der Waals surface area contributed by atoms with Gasteiger partial charge in [-0.15, -0.1) is 0 Å². The van der Waals surface area contributed by atoms with Crippen LogP contribution in [0.25, 0.3) is 0 Å². The van der Waals surface area contributed by atoms with Gasteiger partial charge in [0.05, 0.1) is 11.3 Å². The predicted octanol–water partition coefficient (Wildman–Crippen LogP) is 2.75. The fourth-order valence-corrected chi connectivity index (χ4v) is 2.14. The zero-order chi connectivity index (χ0) is 16.8. The minimum absolute atomic E-state index is 0.0705. The highest BCUT2D eigenvalue weighted by molar-refractivity contribution is 5.95. The minimum Gasteiger partial charge on any atom is -0.350 e. The highest BCUT2D eigenvalue weighted by Gasteiger charge is 2.16. The van der Waals surface area contributed by atoms with Crippen molar-refractivity contribution >= 4 is 17.5 Å². The first-order chi connectivity index (χ1) is 11.0. The van der Waals surface area contributed by atoms with E-state index in [1.807, 2.05) is 0 Å². The van der Waals surface area contributed by atoms with Crippen molar-refractivity contribution in [1.29, 1.82) is 0 Å². The van der Waals surface area contributed by atoms with Crippen LogP contribution in [-0.4, -0.2) is 24.9 Å². The number of nitrogens with zero attached hydrogens (tertiary/aromatic N) is 1. The normalized spacial score (nSPS) is 10.2. The van der Waals surface area contributed by atoms with E-state index in [2.05, 4.69) is 5.32 Å². The molecule has 120 valence electrons. The number of carbonyl (C=O) groups excluding carboxylic acids is 2. The van der Waals surface area contributed by atoms with Gasteiger partial charge in [0.1, 0.15) is 11.6 Å². The van der Waals surface area contributed by atoms with E-state index in [0.29, 0.717) is 0 Å². The molecule has 0 saturated carbocycles. The zero-order valence-electron chi connectivity index (χ0n) is 12.6. The SMILES string of the molecule is CC(=O)N(CCNC(=O)c1ccccc1F)c1ccccc1F. The Hall–Kier alpha value is -2.76. The molecule has 6 heteroatoms. The lowest BCUT2D eigenvalue weighted by molar-refractivity contribution is -0.116. The highest BCUT2D eigenvalue weighted by atomic mass is 19.1. The third kappa shape index (κ3) is 4.12. The summed E-state index contributed by atoms with van der Waals surface area (Å²) in [6.07, 6.45) is 0. The summed E-state index contributed by atoms with van der Waals surface area (Å²) in [7, 11) is 0. The van der Waals surface area contributed by atoms with Gasteiger partial charge in [-0.2, -0.15) is 0 Å². The molecule has 2 rings (SSSR count). The average molecular weight is 318 g/mol. The fourth-order valence-electron chi connectivity index (χ4n) is 2.14. The summed E-state index contributed by atoms with van der Waals surface area (Å²) >= 11 is 0. The maximum Gasteiger partial charge on any atom is 0.254 e. The molecule has 2 aromatic carbocycles. The van der Waals surface area contributed by atoms with E-state index in [4.69, 9.17) is 0 Å². The van der Waals surface area contributed by atoms with Gasteiger partial charge in [0, 0.05) is 20.0 Å². The maximum atomic E-state index is 13.8. The van der Waals surface area contributed by atoms with Gasteiger partial charge in [-0.3, -0.25) is 9.59 Å². The largest absolute Gasteiger partial charge is 0.350 e. The Morgan fingerprint density at radius 1 is 1.00 bits per heavy atom. The quantitative estimate of drug-likeness (QED) is 0.921. The van der Waals surface area contributed by atoms with Crippen LogP contribution in [0.1, 0.15) is 17.3 Å². The lowest BCUT2D eigenvalue weighted by atomic mass is 10.2. The van der Waals surface area contributed by atoms with Crippen molar-refractivity contribution in [2.75, 3.05) is 18.0 Å². The van der Waals surface area contributed by atoms with Gasteiger partial charge in [-0.05, 0) is 24.3 Å². The van der Waals surface area contributed by atoms with Gasteiger partial charge in [0.15, 0.2) is 0 Å². The third-order valence-electron chi connectivity index (χ3n) is 3.26. The van der Waals surface area contributed by atoms with Crippen LogP contribution >= 0.6 is 0 Å². The number of amides is 2. The molecule has 0 bridgehead atoms. The third-order valence-corrected chi connectivity index (χ3v) is 3.26. The Morgan fingerprint density at radius 2 is 1.61 bits per heavy atom. The molecule has 0 saturated heterocycles. The smallest absolute Gasteiger partial charge is 0.254 e. The molecule has 2 aromatic rings. The Balaban J connectivity index is 2.01. The second-order valence-corrected chi connectivity index (χ2v) is 4.86. The number of benzene rings is 2. The zero-order valence-corrected chi connectivity index (χ0v) is 12.6. The molecular weight excluding hydrogens is 302 g/mol. The Kier molecular flexibility index (Phi) is 5.41. The van der Waals surface area contributed by atoms with Gasteiger partial charge in [0.2, 0.25) is 5.91 Å². The van der Waals surface area contributed by atoms with Crippen LogP contribution in [0.4, 0.5) is 14.5 Å². The summed E-state index contributed by atoms with van der Waals surface area (Å²) in [4.78, 5) is 24.8. The number of hydrogen-bond donors (Lipinski definition) is 1. The van der Waals surface area contributed by atoms with Gasteiger partial charge >= 0.3 is 0 Å². The van der Waals surface area contributed by atoms with Crippen LogP contribution in [0.5, 0.6) is 0 Å². The fraction of sp³-hybridized carbons (Fsp3) is 0.176. The molecule has 0 heterocycles. The van der Waals surface area contributed by atoms with Gasteiger partial charge < -0.3 is 10.2 Å². The Labute approximate surface area is 132 Å². The van der Waals surface area contributed by atoms with Crippen molar-refractivity contribution in [1.82, 2.24) is 5.32 Å². The van der Waals surface area contributed by atoms with E-state index in [9.17, 15) is 18.4 Å². The number of carbonyl (C=O) groups is 2.